The molecule has 0 spiro atoms. The highest BCUT2D eigenvalue weighted by Gasteiger charge is 2.22. The van der Waals surface area contributed by atoms with E-state index in [-0.39, 0.29) is 18.2 Å². The minimum atomic E-state index is -0.345. The van der Waals surface area contributed by atoms with Crippen LogP contribution in [0.4, 0.5) is 4.79 Å². The maximum absolute atomic E-state index is 10.5. The van der Waals surface area contributed by atoms with Gasteiger partial charge >= 0.3 is 6.09 Å². The van der Waals surface area contributed by atoms with Gasteiger partial charge < -0.3 is 14.8 Å². The summed E-state index contributed by atoms with van der Waals surface area (Å²) in [7, 11) is 0. The molecule has 4 nitrogen and oxygen atoms in total. The fraction of sp³-hybridized carbons (Fsp3) is 0.857. The zero-order valence-electron chi connectivity index (χ0n) is 6.79. The number of cyclic esters (lactones) is 1. The van der Waals surface area contributed by atoms with Gasteiger partial charge in [0.1, 0.15) is 6.61 Å². The summed E-state index contributed by atoms with van der Waals surface area (Å²) in [5, 5.41) is 2.62. The summed E-state index contributed by atoms with van der Waals surface area (Å²) < 4.78 is 9.95. The Morgan fingerprint density at radius 1 is 1.82 bits per heavy atom. The molecule has 1 aliphatic heterocycles. The lowest BCUT2D eigenvalue weighted by Crippen LogP contribution is -2.31. The number of nitrogens with one attached hydrogen (secondary N) is 1. The normalized spacial score (nSPS) is 23.5. The summed E-state index contributed by atoms with van der Waals surface area (Å²) in [5.41, 5.74) is 0. The van der Waals surface area contributed by atoms with Crippen LogP contribution < -0.4 is 5.32 Å². The van der Waals surface area contributed by atoms with Crippen LogP contribution in [0.15, 0.2) is 0 Å². The largest absolute Gasteiger partial charge is 0.447 e. The zero-order valence-corrected chi connectivity index (χ0v) is 6.79. The Morgan fingerprint density at radius 3 is 3.00 bits per heavy atom. The number of carbonyl (C=O) groups excluding carboxylic acids is 1. The van der Waals surface area contributed by atoms with Gasteiger partial charge in [-0.3, -0.25) is 0 Å². The Bertz CT molecular complexity index is 147. The highest BCUT2D eigenvalue weighted by atomic mass is 16.6. The average molecular weight is 159 g/mol. The molecule has 1 aliphatic rings. The third kappa shape index (κ3) is 2.76. The van der Waals surface area contributed by atoms with Crippen molar-refractivity contribution in [3.63, 3.8) is 0 Å². The molecule has 4 heteroatoms. The van der Waals surface area contributed by atoms with Crippen LogP contribution in [-0.4, -0.2) is 31.5 Å². The molecular weight excluding hydrogens is 146 g/mol. The molecule has 0 saturated carbocycles. The van der Waals surface area contributed by atoms with Gasteiger partial charge in [-0.05, 0) is 13.8 Å². The first-order valence-electron chi connectivity index (χ1n) is 3.73. The molecule has 1 saturated heterocycles. The second-order valence-corrected chi connectivity index (χ2v) is 2.82. The Labute approximate surface area is 65.9 Å². The first-order valence-corrected chi connectivity index (χ1v) is 3.73. The molecule has 0 aromatic rings. The van der Waals surface area contributed by atoms with Gasteiger partial charge in [0.2, 0.25) is 0 Å². The van der Waals surface area contributed by atoms with Gasteiger partial charge in [-0.1, -0.05) is 0 Å². The quantitative estimate of drug-likeness (QED) is 0.653. The number of hydrogen-bond acceptors (Lipinski definition) is 3. The molecule has 0 aromatic carbocycles. The summed E-state index contributed by atoms with van der Waals surface area (Å²) in [6.07, 6.45) is -0.144. The third-order valence-electron chi connectivity index (χ3n) is 1.37. The minimum Gasteiger partial charge on any atom is -0.447 e. The number of rotatable bonds is 3. The third-order valence-corrected chi connectivity index (χ3v) is 1.37. The Morgan fingerprint density at radius 2 is 2.55 bits per heavy atom. The van der Waals surface area contributed by atoms with E-state index in [1.807, 2.05) is 13.8 Å². The Kier molecular flexibility index (Phi) is 2.70. The molecule has 1 unspecified atom stereocenters. The molecule has 1 fully saturated rings. The predicted octanol–water partition coefficient (Wildman–Crippen LogP) is 0.520. The topological polar surface area (TPSA) is 47.6 Å². The van der Waals surface area contributed by atoms with Gasteiger partial charge in [-0.15, -0.1) is 0 Å². The Balaban J connectivity index is 2.13. The molecule has 1 heterocycles. The fourth-order valence-corrected chi connectivity index (χ4v) is 0.825. The average Bonchev–Trinajstić information content (AvgIpc) is 2.31. The monoisotopic (exact) mass is 159 g/mol. The molecule has 1 N–H and O–H groups in total. The molecule has 0 radical (unpaired) electrons. The van der Waals surface area contributed by atoms with Crippen molar-refractivity contribution in [1.29, 1.82) is 0 Å². The SMILES string of the molecule is CC(C)OCC1COC(=O)N1. The highest BCUT2D eigenvalue weighted by molar-refractivity contribution is 5.69. The van der Waals surface area contributed by atoms with E-state index in [0.717, 1.165) is 0 Å². The molecule has 0 bridgehead atoms. The molecule has 11 heavy (non-hydrogen) atoms. The van der Waals surface area contributed by atoms with Crippen molar-refractivity contribution in [3.05, 3.63) is 0 Å². The van der Waals surface area contributed by atoms with Crippen molar-refractivity contribution in [3.8, 4) is 0 Å². The van der Waals surface area contributed by atoms with E-state index in [9.17, 15) is 4.79 Å². The van der Waals surface area contributed by atoms with Crippen LogP contribution in [0.2, 0.25) is 0 Å². The van der Waals surface area contributed by atoms with Crippen LogP contribution in [0, 0.1) is 0 Å². The van der Waals surface area contributed by atoms with E-state index in [4.69, 9.17) is 4.74 Å². The molecule has 1 rings (SSSR count). The lowest BCUT2D eigenvalue weighted by molar-refractivity contribution is 0.0623. The second kappa shape index (κ2) is 3.57. The van der Waals surface area contributed by atoms with Crippen molar-refractivity contribution in [2.45, 2.75) is 26.0 Å². The number of hydrogen-bond donors (Lipinski definition) is 1. The Hall–Kier alpha value is -0.770. The summed E-state index contributed by atoms with van der Waals surface area (Å²) in [5.74, 6) is 0. The van der Waals surface area contributed by atoms with Crippen LogP contribution in [-0.2, 0) is 9.47 Å². The fourth-order valence-electron chi connectivity index (χ4n) is 0.825. The molecule has 0 aromatic heterocycles. The molecule has 0 aliphatic carbocycles. The first kappa shape index (κ1) is 8.33. The van der Waals surface area contributed by atoms with Gasteiger partial charge in [0.15, 0.2) is 0 Å². The maximum atomic E-state index is 10.5. The number of amides is 1. The van der Waals surface area contributed by atoms with E-state index in [0.29, 0.717) is 13.2 Å². The van der Waals surface area contributed by atoms with E-state index in [2.05, 4.69) is 10.1 Å². The van der Waals surface area contributed by atoms with Crippen molar-refractivity contribution in [1.82, 2.24) is 5.32 Å². The molecule has 1 atom stereocenters. The smallest absolute Gasteiger partial charge is 0.407 e. The van der Waals surface area contributed by atoms with Crippen molar-refractivity contribution >= 4 is 6.09 Å². The van der Waals surface area contributed by atoms with Gasteiger partial charge in [-0.2, -0.15) is 0 Å². The number of alkyl carbamates (subject to hydrolysis) is 1. The first-order chi connectivity index (χ1) is 5.18. The molecular formula is C7H13NO3. The summed E-state index contributed by atoms with van der Waals surface area (Å²) >= 11 is 0. The summed E-state index contributed by atoms with van der Waals surface area (Å²) in [4.78, 5) is 10.5. The van der Waals surface area contributed by atoms with Crippen molar-refractivity contribution in [2.24, 2.45) is 0 Å². The van der Waals surface area contributed by atoms with Crippen LogP contribution in [0.25, 0.3) is 0 Å². The maximum Gasteiger partial charge on any atom is 0.407 e. The van der Waals surface area contributed by atoms with E-state index >= 15 is 0 Å². The van der Waals surface area contributed by atoms with E-state index in [1.54, 1.807) is 0 Å². The van der Waals surface area contributed by atoms with E-state index < -0.39 is 0 Å². The van der Waals surface area contributed by atoms with Crippen LogP contribution in [0.5, 0.6) is 0 Å². The lowest BCUT2D eigenvalue weighted by atomic mass is 10.3. The summed E-state index contributed by atoms with van der Waals surface area (Å²) in [6, 6.07) is 0.0323. The standard InChI is InChI=1S/C7H13NO3/c1-5(2)10-3-6-4-11-7(9)8-6/h5-6H,3-4H2,1-2H3,(H,8,9). The number of carbonyl (C=O) groups is 1. The predicted molar refractivity (Wildman–Crippen MR) is 39.4 cm³/mol. The minimum absolute atomic E-state index is 0.0323. The van der Waals surface area contributed by atoms with Crippen LogP contribution in [0.3, 0.4) is 0 Å². The summed E-state index contributed by atoms with van der Waals surface area (Å²) in [6.45, 7) is 4.87. The van der Waals surface area contributed by atoms with Crippen LogP contribution >= 0.6 is 0 Å². The van der Waals surface area contributed by atoms with Gasteiger partial charge in [0, 0.05) is 0 Å². The van der Waals surface area contributed by atoms with E-state index in [1.165, 1.54) is 0 Å². The van der Waals surface area contributed by atoms with Crippen molar-refractivity contribution < 1.29 is 14.3 Å². The van der Waals surface area contributed by atoms with Crippen molar-refractivity contribution in [2.75, 3.05) is 13.2 Å². The van der Waals surface area contributed by atoms with Gasteiger partial charge in [-0.25, -0.2) is 4.79 Å². The van der Waals surface area contributed by atoms with Gasteiger partial charge in [0.25, 0.3) is 0 Å². The molecule has 1 amide bonds. The zero-order chi connectivity index (χ0) is 8.27. The second-order valence-electron chi connectivity index (χ2n) is 2.82. The highest BCUT2D eigenvalue weighted by Crippen LogP contribution is 1.99. The lowest BCUT2D eigenvalue weighted by Gasteiger charge is -2.10. The molecule has 64 valence electrons. The number of ether oxygens (including phenoxy) is 2. The van der Waals surface area contributed by atoms with Crippen LogP contribution in [0.1, 0.15) is 13.8 Å². The van der Waals surface area contributed by atoms with Gasteiger partial charge in [0.05, 0.1) is 18.8 Å².